The van der Waals surface area contributed by atoms with E-state index < -0.39 is 0 Å². The highest BCUT2D eigenvalue weighted by Crippen LogP contribution is 2.38. The molecule has 3 aliphatic rings. The fraction of sp³-hybridized carbons (Fsp3) is 0.654. The molecule has 1 aromatic rings. The Hall–Kier alpha value is -2.25. The minimum absolute atomic E-state index is 0.160. The number of anilines is 1. The minimum Gasteiger partial charge on any atom is -0.385 e. The van der Waals surface area contributed by atoms with Crippen LogP contribution in [0.1, 0.15) is 68.9 Å². The molecule has 1 atom stereocenters. The van der Waals surface area contributed by atoms with Crippen molar-refractivity contribution in [3.8, 4) is 0 Å². The Morgan fingerprint density at radius 1 is 1.12 bits per heavy atom. The lowest BCUT2D eigenvalue weighted by molar-refractivity contribution is -0.134. The molecule has 0 aliphatic carbocycles. The number of hydrogen-bond acceptors (Lipinski definition) is 6. The van der Waals surface area contributed by atoms with Gasteiger partial charge in [-0.05, 0) is 74.7 Å². The summed E-state index contributed by atoms with van der Waals surface area (Å²) in [5, 5.41) is 2.50. The van der Waals surface area contributed by atoms with Gasteiger partial charge in [0.05, 0.1) is 6.54 Å². The van der Waals surface area contributed by atoms with Crippen molar-refractivity contribution in [3.05, 3.63) is 29.3 Å². The number of nitrogens with one attached hydrogen (secondary N) is 1. The van der Waals surface area contributed by atoms with E-state index in [9.17, 15) is 14.4 Å². The summed E-state index contributed by atoms with van der Waals surface area (Å²) in [7, 11) is 1.73. The van der Waals surface area contributed by atoms with Gasteiger partial charge in [-0.15, -0.1) is 0 Å². The standard InChI is InChI=1S/C21H27N3O3.C5H12O/c25-14-13-23-11-8-15(9-12-23)16-3-1-5-18-17(16)4-2-10-24(18)19-6-7-20(26)22-21(19)27;1-3-4-5-6-2/h1,3,5,14-15,19H,2,4,6-13H2,(H,22,26,27);3-5H2,1-2H3. The number of hydrogen-bond donors (Lipinski definition) is 1. The van der Waals surface area contributed by atoms with Crippen LogP contribution >= 0.6 is 0 Å². The summed E-state index contributed by atoms with van der Waals surface area (Å²) in [5.41, 5.74) is 3.96. The minimum atomic E-state index is -0.244. The van der Waals surface area contributed by atoms with Crippen LogP contribution in [0.5, 0.6) is 0 Å². The number of likely N-dealkylation sites (tertiary alicyclic amines) is 1. The van der Waals surface area contributed by atoms with Crippen LogP contribution in [0.2, 0.25) is 0 Å². The van der Waals surface area contributed by atoms with Crippen molar-refractivity contribution < 1.29 is 19.1 Å². The van der Waals surface area contributed by atoms with Crippen molar-refractivity contribution in [1.82, 2.24) is 10.2 Å². The first-order valence-corrected chi connectivity index (χ1v) is 12.5. The first kappa shape index (κ1) is 25.4. The van der Waals surface area contributed by atoms with Gasteiger partial charge in [0.25, 0.3) is 0 Å². The molecule has 3 heterocycles. The quantitative estimate of drug-likeness (QED) is 0.385. The van der Waals surface area contributed by atoms with Crippen LogP contribution in [0.25, 0.3) is 0 Å². The Labute approximate surface area is 197 Å². The van der Waals surface area contributed by atoms with Crippen LogP contribution < -0.4 is 10.2 Å². The van der Waals surface area contributed by atoms with Crippen LogP contribution in [0.15, 0.2) is 18.2 Å². The SMILES string of the molecule is CCCCOC.O=CCN1CCC(c2cccc3c2CCCN3C2CCC(=O)NC2=O)CC1. The third-order valence-electron chi connectivity index (χ3n) is 6.97. The normalized spacial score (nSPS) is 21.6. The van der Waals surface area contributed by atoms with E-state index in [-0.39, 0.29) is 17.9 Å². The van der Waals surface area contributed by atoms with Crippen LogP contribution in [0.3, 0.4) is 0 Å². The average molecular weight is 458 g/mol. The molecule has 2 amide bonds. The third-order valence-corrected chi connectivity index (χ3v) is 6.97. The molecule has 0 saturated carbocycles. The Morgan fingerprint density at radius 2 is 1.91 bits per heavy atom. The molecule has 0 radical (unpaired) electrons. The molecule has 7 nitrogen and oxygen atoms in total. The summed E-state index contributed by atoms with van der Waals surface area (Å²) < 4.78 is 4.78. The monoisotopic (exact) mass is 457 g/mol. The highest BCUT2D eigenvalue weighted by Gasteiger charge is 2.35. The smallest absolute Gasteiger partial charge is 0.249 e. The predicted molar refractivity (Wildman–Crippen MR) is 130 cm³/mol. The lowest BCUT2D eigenvalue weighted by Gasteiger charge is -2.40. The summed E-state index contributed by atoms with van der Waals surface area (Å²) in [6, 6.07) is 6.23. The number of fused-ring (bicyclic) bond motifs is 1. The summed E-state index contributed by atoms with van der Waals surface area (Å²) in [6.45, 7) is 6.38. The van der Waals surface area contributed by atoms with Gasteiger partial charge in [0.15, 0.2) is 0 Å². The highest BCUT2D eigenvalue weighted by atomic mass is 16.5. The first-order valence-electron chi connectivity index (χ1n) is 12.5. The lowest BCUT2D eigenvalue weighted by Crippen LogP contribution is -2.54. The lowest BCUT2D eigenvalue weighted by atomic mass is 9.83. The molecule has 7 heteroatoms. The van der Waals surface area contributed by atoms with Crippen molar-refractivity contribution in [2.45, 2.75) is 70.3 Å². The van der Waals surface area contributed by atoms with Gasteiger partial charge in [-0.25, -0.2) is 0 Å². The maximum atomic E-state index is 12.4. The Bertz CT molecular complexity index is 801. The molecule has 1 aromatic carbocycles. The van der Waals surface area contributed by atoms with Gasteiger partial charge >= 0.3 is 0 Å². The number of piperidine rings is 2. The maximum absolute atomic E-state index is 12.4. The molecular weight excluding hydrogens is 418 g/mol. The number of aldehydes is 1. The van der Waals surface area contributed by atoms with Crippen LogP contribution in [-0.2, 0) is 25.5 Å². The largest absolute Gasteiger partial charge is 0.385 e. The van der Waals surface area contributed by atoms with E-state index in [1.54, 1.807) is 7.11 Å². The number of imide groups is 1. The number of rotatable bonds is 7. The van der Waals surface area contributed by atoms with Gasteiger partial charge in [0.2, 0.25) is 11.8 Å². The number of carbonyl (C=O) groups is 3. The van der Waals surface area contributed by atoms with Crippen molar-refractivity contribution in [2.24, 2.45) is 0 Å². The molecule has 0 bridgehead atoms. The summed E-state index contributed by atoms with van der Waals surface area (Å²) in [4.78, 5) is 39.1. The van der Waals surface area contributed by atoms with Crippen LogP contribution in [0, 0.1) is 0 Å². The number of nitrogens with zero attached hydrogens (tertiary/aromatic N) is 2. The molecule has 2 saturated heterocycles. The van der Waals surface area contributed by atoms with E-state index in [1.807, 2.05) is 0 Å². The second-order valence-electron chi connectivity index (χ2n) is 9.20. The number of ether oxygens (including phenoxy) is 1. The number of amides is 2. The first-order chi connectivity index (χ1) is 16.1. The average Bonchev–Trinajstić information content (AvgIpc) is 2.83. The number of carbonyl (C=O) groups excluding carboxylic acids is 3. The zero-order valence-electron chi connectivity index (χ0n) is 20.2. The van der Waals surface area contributed by atoms with Crippen molar-refractivity contribution in [2.75, 3.05) is 44.8 Å². The number of benzene rings is 1. The van der Waals surface area contributed by atoms with Gasteiger partial charge in [-0.2, -0.15) is 0 Å². The second-order valence-corrected chi connectivity index (χ2v) is 9.20. The van der Waals surface area contributed by atoms with E-state index >= 15 is 0 Å². The van der Waals surface area contributed by atoms with Crippen LogP contribution in [0.4, 0.5) is 5.69 Å². The van der Waals surface area contributed by atoms with E-state index in [1.165, 1.54) is 29.7 Å². The fourth-order valence-corrected chi connectivity index (χ4v) is 5.19. The van der Waals surface area contributed by atoms with E-state index in [0.29, 0.717) is 25.3 Å². The Balaban J connectivity index is 0.000000454. The Kier molecular flexibility index (Phi) is 9.88. The summed E-state index contributed by atoms with van der Waals surface area (Å²) in [6.07, 6.45) is 8.64. The molecule has 4 rings (SSSR count). The topological polar surface area (TPSA) is 79.0 Å². The maximum Gasteiger partial charge on any atom is 0.249 e. The van der Waals surface area contributed by atoms with Gasteiger partial charge in [-0.3, -0.25) is 19.8 Å². The van der Waals surface area contributed by atoms with Gasteiger partial charge in [0.1, 0.15) is 12.3 Å². The van der Waals surface area contributed by atoms with E-state index in [0.717, 1.165) is 58.2 Å². The van der Waals surface area contributed by atoms with Gasteiger partial charge in [-0.1, -0.05) is 25.5 Å². The van der Waals surface area contributed by atoms with Crippen molar-refractivity contribution >= 4 is 23.8 Å². The highest BCUT2D eigenvalue weighted by molar-refractivity contribution is 6.01. The molecule has 1 N–H and O–H groups in total. The number of unbranched alkanes of at least 4 members (excludes halogenated alkanes) is 1. The fourth-order valence-electron chi connectivity index (χ4n) is 5.19. The summed E-state index contributed by atoms with van der Waals surface area (Å²) >= 11 is 0. The van der Waals surface area contributed by atoms with Crippen molar-refractivity contribution in [3.63, 3.8) is 0 Å². The van der Waals surface area contributed by atoms with Gasteiger partial charge in [0, 0.05) is 32.4 Å². The summed E-state index contributed by atoms with van der Waals surface area (Å²) in [5.74, 6) is 0.195. The Morgan fingerprint density at radius 3 is 2.55 bits per heavy atom. The van der Waals surface area contributed by atoms with E-state index in [4.69, 9.17) is 4.74 Å². The number of methoxy groups -OCH3 is 1. The third kappa shape index (κ3) is 6.64. The second kappa shape index (κ2) is 12.8. The molecule has 33 heavy (non-hydrogen) atoms. The molecule has 3 aliphatic heterocycles. The molecule has 0 spiro atoms. The molecular formula is C26H39N3O4. The van der Waals surface area contributed by atoms with Gasteiger partial charge < -0.3 is 14.4 Å². The van der Waals surface area contributed by atoms with E-state index in [2.05, 4.69) is 40.2 Å². The van der Waals surface area contributed by atoms with Crippen molar-refractivity contribution in [1.29, 1.82) is 0 Å². The zero-order chi connectivity index (χ0) is 23.6. The predicted octanol–water partition coefficient (Wildman–Crippen LogP) is 3.06. The molecule has 2 fully saturated rings. The molecule has 1 unspecified atom stereocenters. The molecule has 0 aromatic heterocycles. The zero-order valence-corrected chi connectivity index (χ0v) is 20.2. The van der Waals surface area contributed by atoms with Crippen LogP contribution in [-0.4, -0.2) is 68.9 Å². The molecule has 182 valence electrons.